The number of carboxylic acid groups (broad SMARTS) is 1. The lowest BCUT2D eigenvalue weighted by Gasteiger charge is -2.23. The summed E-state index contributed by atoms with van der Waals surface area (Å²) in [6, 6.07) is 1.82. The first-order chi connectivity index (χ1) is 9.84. The molecule has 0 aliphatic heterocycles. The van der Waals surface area contributed by atoms with Crippen LogP contribution in [0.25, 0.3) is 0 Å². The summed E-state index contributed by atoms with van der Waals surface area (Å²) in [5.41, 5.74) is 5.26. The second-order valence-corrected chi connectivity index (χ2v) is 3.99. The molecule has 118 valence electrons. The second-order valence-electron chi connectivity index (χ2n) is 3.99. The van der Waals surface area contributed by atoms with Gasteiger partial charge in [-0.2, -0.15) is 0 Å². The molecule has 9 nitrogen and oxygen atoms in total. The zero-order valence-electron chi connectivity index (χ0n) is 11.0. The number of aldehydes is 1. The highest BCUT2D eigenvalue weighted by molar-refractivity contribution is 5.86. The van der Waals surface area contributed by atoms with Crippen LogP contribution < -0.4 is 5.73 Å². The molecule has 1 aromatic rings. The zero-order chi connectivity index (χ0) is 16.4. The molecule has 0 fully saturated rings. The lowest BCUT2D eigenvalue weighted by atomic mass is 10.0. The van der Waals surface area contributed by atoms with Crippen LogP contribution in [0.4, 0.5) is 0 Å². The summed E-state index contributed by atoms with van der Waals surface area (Å²) in [6.07, 6.45) is -1.59. The van der Waals surface area contributed by atoms with Gasteiger partial charge in [0.2, 0.25) is 0 Å². The van der Waals surface area contributed by atoms with Gasteiger partial charge < -0.3 is 36.1 Å². The van der Waals surface area contributed by atoms with E-state index < -0.39 is 36.9 Å². The standard InChI is InChI=1S/C6H13NO5.C6H5NO2/c7-3(1-8)5(11)6(12)4(10)2-9;8-6(9)5-2-1-3-7-4-5/h1,3-6,9-12H,2,7H2;1-4H,(H,8,9)/t3-,4+,5+,6+;/m0./s1. The highest BCUT2D eigenvalue weighted by Gasteiger charge is 2.28. The van der Waals surface area contributed by atoms with E-state index in [4.69, 9.17) is 31.3 Å². The third-order valence-corrected chi connectivity index (χ3v) is 2.39. The number of aliphatic hydroxyl groups is 4. The number of aromatic nitrogens is 1. The number of carboxylic acids is 1. The number of carbonyl (C=O) groups excluding carboxylic acids is 1. The Balaban J connectivity index is 0.000000394. The number of hydrogen-bond acceptors (Lipinski definition) is 8. The number of nitrogens with zero attached hydrogens (tertiary/aromatic N) is 1. The monoisotopic (exact) mass is 302 g/mol. The summed E-state index contributed by atoms with van der Waals surface area (Å²) in [6.45, 7) is -0.705. The molecule has 1 rings (SSSR count). The molecule has 4 atom stereocenters. The van der Waals surface area contributed by atoms with E-state index in [0.717, 1.165) is 0 Å². The summed E-state index contributed by atoms with van der Waals surface area (Å²) in [4.78, 5) is 23.8. The Kier molecular flexibility index (Phi) is 9.01. The quantitative estimate of drug-likeness (QED) is 0.307. The van der Waals surface area contributed by atoms with Crippen LogP contribution in [0, 0.1) is 0 Å². The highest BCUT2D eigenvalue weighted by Crippen LogP contribution is 2.01. The largest absolute Gasteiger partial charge is 0.478 e. The van der Waals surface area contributed by atoms with Gasteiger partial charge >= 0.3 is 5.97 Å². The van der Waals surface area contributed by atoms with Crippen LogP contribution in [0.2, 0.25) is 0 Å². The van der Waals surface area contributed by atoms with Crippen molar-refractivity contribution in [2.45, 2.75) is 24.4 Å². The average molecular weight is 302 g/mol. The molecule has 0 unspecified atom stereocenters. The van der Waals surface area contributed by atoms with Crippen LogP contribution >= 0.6 is 0 Å². The van der Waals surface area contributed by atoms with E-state index in [2.05, 4.69) is 4.98 Å². The summed E-state index contributed by atoms with van der Waals surface area (Å²) in [5, 5.41) is 43.5. The molecule has 0 aliphatic rings. The van der Waals surface area contributed by atoms with Crippen LogP contribution in [0.5, 0.6) is 0 Å². The first-order valence-corrected chi connectivity index (χ1v) is 5.84. The van der Waals surface area contributed by atoms with Crippen molar-refractivity contribution in [2.24, 2.45) is 5.73 Å². The van der Waals surface area contributed by atoms with Crippen LogP contribution in [0.1, 0.15) is 10.4 Å². The molecule has 0 aliphatic carbocycles. The number of hydrogen-bond donors (Lipinski definition) is 6. The van der Waals surface area contributed by atoms with E-state index in [-0.39, 0.29) is 11.8 Å². The first kappa shape index (κ1) is 19.1. The minimum absolute atomic E-state index is 0.220. The van der Waals surface area contributed by atoms with Crippen molar-refractivity contribution in [1.29, 1.82) is 0 Å². The first-order valence-electron chi connectivity index (χ1n) is 5.84. The normalized spacial score (nSPS) is 15.9. The summed E-state index contributed by atoms with van der Waals surface area (Å²) in [5.74, 6) is -0.942. The molecule has 9 heteroatoms. The zero-order valence-corrected chi connectivity index (χ0v) is 11.0. The molecule has 1 heterocycles. The van der Waals surface area contributed by atoms with Crippen LogP contribution in [-0.4, -0.2) is 73.7 Å². The lowest BCUT2D eigenvalue weighted by Crippen LogP contribution is -2.49. The SMILES string of the molecule is N[C@@H](C=O)[C@@H](O)[C@H](O)[C@H](O)CO.O=C(O)c1cccnc1. The van der Waals surface area contributed by atoms with Gasteiger partial charge in [0.05, 0.1) is 18.2 Å². The smallest absolute Gasteiger partial charge is 0.337 e. The Labute approximate surface area is 120 Å². The molecule has 1 aromatic heterocycles. The molecule has 0 saturated heterocycles. The fraction of sp³-hybridized carbons (Fsp3) is 0.417. The maximum atomic E-state index is 10.2. The van der Waals surface area contributed by atoms with E-state index in [1.54, 1.807) is 6.07 Å². The summed E-state index contributed by atoms with van der Waals surface area (Å²) in [7, 11) is 0. The van der Waals surface area contributed by atoms with Crippen molar-refractivity contribution in [1.82, 2.24) is 4.98 Å². The van der Waals surface area contributed by atoms with Gasteiger partial charge in [0, 0.05) is 12.4 Å². The Morgan fingerprint density at radius 1 is 1.33 bits per heavy atom. The van der Waals surface area contributed by atoms with E-state index in [1.807, 2.05) is 0 Å². The number of nitrogens with two attached hydrogens (primary N) is 1. The van der Waals surface area contributed by atoms with Crippen molar-refractivity contribution in [2.75, 3.05) is 6.61 Å². The number of pyridine rings is 1. The van der Waals surface area contributed by atoms with Crippen LogP contribution in [0.3, 0.4) is 0 Å². The van der Waals surface area contributed by atoms with Crippen molar-refractivity contribution in [3.8, 4) is 0 Å². The van der Waals surface area contributed by atoms with Crippen LogP contribution in [-0.2, 0) is 4.79 Å². The van der Waals surface area contributed by atoms with Gasteiger partial charge in [0.15, 0.2) is 0 Å². The topological polar surface area (TPSA) is 174 Å². The predicted octanol–water partition coefficient (Wildman–Crippen LogP) is -2.63. The Hall–Kier alpha value is -1.91. The molecule has 21 heavy (non-hydrogen) atoms. The molecule has 0 aromatic carbocycles. The summed E-state index contributed by atoms with van der Waals surface area (Å²) < 4.78 is 0. The average Bonchev–Trinajstić information content (AvgIpc) is 2.53. The van der Waals surface area contributed by atoms with Gasteiger partial charge in [-0.1, -0.05) is 0 Å². The lowest BCUT2D eigenvalue weighted by molar-refractivity contribution is -0.118. The molecule has 0 radical (unpaired) electrons. The predicted molar refractivity (Wildman–Crippen MR) is 70.3 cm³/mol. The number of aliphatic hydroxyl groups excluding tert-OH is 4. The van der Waals surface area contributed by atoms with E-state index in [9.17, 15) is 9.59 Å². The van der Waals surface area contributed by atoms with E-state index in [1.165, 1.54) is 18.5 Å². The molecule has 0 saturated carbocycles. The van der Waals surface area contributed by atoms with Gasteiger partial charge in [0.1, 0.15) is 24.6 Å². The van der Waals surface area contributed by atoms with Gasteiger partial charge in [-0.3, -0.25) is 4.98 Å². The maximum absolute atomic E-state index is 10.2. The van der Waals surface area contributed by atoms with Crippen molar-refractivity contribution < 1.29 is 35.1 Å². The Bertz CT molecular complexity index is 429. The van der Waals surface area contributed by atoms with Gasteiger partial charge in [0.25, 0.3) is 0 Å². The molecule has 0 spiro atoms. The molecule has 0 amide bonds. The number of carbonyl (C=O) groups is 2. The van der Waals surface area contributed by atoms with Gasteiger partial charge in [-0.15, -0.1) is 0 Å². The van der Waals surface area contributed by atoms with Gasteiger partial charge in [-0.25, -0.2) is 4.79 Å². The van der Waals surface area contributed by atoms with Crippen molar-refractivity contribution in [3.63, 3.8) is 0 Å². The summed E-state index contributed by atoms with van der Waals surface area (Å²) >= 11 is 0. The van der Waals surface area contributed by atoms with Crippen LogP contribution in [0.15, 0.2) is 24.5 Å². The minimum Gasteiger partial charge on any atom is -0.478 e. The number of rotatable bonds is 6. The number of aromatic carboxylic acids is 1. The fourth-order valence-corrected chi connectivity index (χ4v) is 1.13. The van der Waals surface area contributed by atoms with Crippen molar-refractivity contribution >= 4 is 12.3 Å². The highest BCUT2D eigenvalue weighted by atomic mass is 16.4. The molecule has 0 bridgehead atoms. The Morgan fingerprint density at radius 2 is 1.95 bits per heavy atom. The third kappa shape index (κ3) is 6.88. The van der Waals surface area contributed by atoms with Crippen molar-refractivity contribution in [3.05, 3.63) is 30.1 Å². The molecule has 7 N–H and O–H groups in total. The maximum Gasteiger partial charge on any atom is 0.337 e. The van der Waals surface area contributed by atoms with Gasteiger partial charge in [-0.05, 0) is 12.1 Å². The second kappa shape index (κ2) is 9.91. The van der Waals surface area contributed by atoms with E-state index in [0.29, 0.717) is 0 Å². The molecular weight excluding hydrogens is 284 g/mol. The fourth-order valence-electron chi connectivity index (χ4n) is 1.13. The Morgan fingerprint density at radius 3 is 2.29 bits per heavy atom. The minimum atomic E-state index is -1.62. The van der Waals surface area contributed by atoms with E-state index >= 15 is 0 Å². The third-order valence-electron chi connectivity index (χ3n) is 2.39. The molecular formula is C12H18N2O7.